The summed E-state index contributed by atoms with van der Waals surface area (Å²) in [5.41, 5.74) is -0.404. The molecule has 4 aliphatic carbocycles. The minimum Gasteiger partial charge on any atom is -0.444 e. The fraction of sp³-hybridized carbons (Fsp3) is 0.900. The summed E-state index contributed by atoms with van der Waals surface area (Å²) in [5.74, 6) is 3.60. The Hall–Kier alpha value is -1.39. The molecule has 0 aromatic rings. The molecule has 0 bridgehead atoms. The van der Waals surface area contributed by atoms with Gasteiger partial charge in [-0.3, -0.25) is 9.59 Å². The molecule has 5 aliphatic rings. The van der Waals surface area contributed by atoms with Gasteiger partial charge in [0.1, 0.15) is 17.2 Å². The Balaban J connectivity index is 1.17. The summed E-state index contributed by atoms with van der Waals surface area (Å²) in [7, 11) is 0. The maximum absolute atomic E-state index is 13.5. The molecule has 5 nitrogen and oxygen atoms in total. The number of hydrogen-bond donors (Lipinski definition) is 0. The first-order chi connectivity index (χ1) is 16.4. The molecule has 1 heterocycles. The first-order valence-electron chi connectivity index (χ1n) is 14.4. The van der Waals surface area contributed by atoms with E-state index in [0.717, 1.165) is 45.2 Å². The summed E-state index contributed by atoms with van der Waals surface area (Å²) in [4.78, 5) is 40.5. The van der Waals surface area contributed by atoms with E-state index >= 15 is 0 Å². The van der Waals surface area contributed by atoms with Crippen molar-refractivity contribution in [3.8, 4) is 0 Å². The number of carbonyl (C=O) groups is 3. The van der Waals surface area contributed by atoms with E-state index in [0.29, 0.717) is 47.6 Å². The summed E-state index contributed by atoms with van der Waals surface area (Å²) in [5, 5.41) is 0. The standard InChI is InChI=1S/C30H47NO4/c1-28(2,3)35-27(34)31-15-12-20(18-31)7-6-19-10-13-29(4)21(16-19)17-24(32)26-22-8-9-25(33)30(22,5)14-11-23(26)29/h19-23,26H,6-18H2,1-5H3/t19-,20?,21?,22?,23?,26?,29-,30?/m0/s1. The molecule has 6 unspecified atom stereocenters. The first-order valence-corrected chi connectivity index (χ1v) is 14.4. The lowest BCUT2D eigenvalue weighted by atomic mass is 9.44. The molecule has 0 spiro atoms. The van der Waals surface area contributed by atoms with Gasteiger partial charge in [0.15, 0.2) is 0 Å². The highest BCUT2D eigenvalue weighted by Crippen LogP contribution is 2.65. The van der Waals surface area contributed by atoms with Crippen molar-refractivity contribution in [2.75, 3.05) is 13.1 Å². The second kappa shape index (κ2) is 8.87. The molecule has 5 heteroatoms. The Morgan fingerprint density at radius 3 is 2.49 bits per heavy atom. The zero-order chi connectivity index (χ0) is 25.2. The lowest BCUT2D eigenvalue weighted by molar-refractivity contribution is -0.158. The summed E-state index contributed by atoms with van der Waals surface area (Å²) >= 11 is 0. The van der Waals surface area contributed by atoms with Gasteiger partial charge in [-0.05, 0) is 107 Å². The Labute approximate surface area is 212 Å². The van der Waals surface area contributed by atoms with Gasteiger partial charge in [-0.2, -0.15) is 0 Å². The minimum absolute atomic E-state index is 0.135. The van der Waals surface area contributed by atoms with Crippen molar-refractivity contribution in [2.24, 2.45) is 46.3 Å². The fourth-order valence-electron chi connectivity index (χ4n) is 9.09. The van der Waals surface area contributed by atoms with Crippen molar-refractivity contribution in [2.45, 2.75) is 111 Å². The lowest BCUT2D eigenvalue weighted by Gasteiger charge is -2.59. The lowest BCUT2D eigenvalue weighted by Crippen LogP contribution is -2.56. The molecule has 8 atom stereocenters. The van der Waals surface area contributed by atoms with E-state index in [1.165, 1.54) is 32.1 Å². The minimum atomic E-state index is -0.440. The zero-order valence-corrected chi connectivity index (χ0v) is 22.7. The first kappa shape index (κ1) is 25.3. The van der Waals surface area contributed by atoms with Gasteiger partial charge in [-0.25, -0.2) is 4.79 Å². The van der Waals surface area contributed by atoms with Crippen LogP contribution in [0.25, 0.3) is 0 Å². The highest BCUT2D eigenvalue weighted by atomic mass is 16.6. The van der Waals surface area contributed by atoms with Crippen molar-refractivity contribution in [3.63, 3.8) is 0 Å². The van der Waals surface area contributed by atoms with Crippen LogP contribution in [0.1, 0.15) is 105 Å². The summed E-state index contributed by atoms with van der Waals surface area (Å²) in [6.07, 6.45) is 11.4. The van der Waals surface area contributed by atoms with E-state index in [2.05, 4.69) is 13.8 Å². The largest absolute Gasteiger partial charge is 0.444 e. The molecule has 1 saturated heterocycles. The van der Waals surface area contributed by atoms with Gasteiger partial charge in [0, 0.05) is 37.3 Å². The van der Waals surface area contributed by atoms with Gasteiger partial charge >= 0.3 is 6.09 Å². The van der Waals surface area contributed by atoms with E-state index in [1.807, 2.05) is 25.7 Å². The second-order valence-electron chi connectivity index (χ2n) is 14.3. The Kier molecular flexibility index (Phi) is 6.40. The maximum Gasteiger partial charge on any atom is 0.410 e. The SMILES string of the molecule is CC(C)(C)OC(=O)N1CCC(CC[C@H]2CC[C@@]3(C)C(CC(=O)C4C5CCC(=O)C5(C)CCC43)C2)C1. The van der Waals surface area contributed by atoms with Gasteiger partial charge in [-0.15, -0.1) is 0 Å². The normalized spacial score (nSPS) is 43.5. The third-order valence-electron chi connectivity index (χ3n) is 11.2. The molecule has 196 valence electrons. The van der Waals surface area contributed by atoms with E-state index < -0.39 is 5.60 Å². The number of rotatable bonds is 3. The predicted molar refractivity (Wildman–Crippen MR) is 136 cm³/mol. The molecular weight excluding hydrogens is 438 g/mol. The quantitative estimate of drug-likeness (QED) is 0.462. The molecule has 5 fully saturated rings. The highest BCUT2D eigenvalue weighted by molar-refractivity contribution is 5.90. The van der Waals surface area contributed by atoms with Crippen molar-refractivity contribution in [3.05, 3.63) is 0 Å². The third-order valence-corrected chi connectivity index (χ3v) is 11.2. The van der Waals surface area contributed by atoms with Crippen LogP contribution < -0.4 is 0 Å². The van der Waals surface area contributed by atoms with Crippen LogP contribution >= 0.6 is 0 Å². The highest BCUT2D eigenvalue weighted by Gasteiger charge is 2.62. The molecular formula is C30H47NO4. The number of ether oxygens (including phenoxy) is 1. The average Bonchev–Trinajstić information content (AvgIpc) is 3.37. The van der Waals surface area contributed by atoms with Crippen LogP contribution in [0.5, 0.6) is 0 Å². The number of Topliss-reactive ketones (excluding diaryl/α,β-unsaturated/α-hetero) is 2. The second-order valence-corrected chi connectivity index (χ2v) is 14.3. The van der Waals surface area contributed by atoms with Crippen LogP contribution in [0.3, 0.4) is 0 Å². The molecule has 35 heavy (non-hydrogen) atoms. The van der Waals surface area contributed by atoms with Gasteiger partial charge in [0.05, 0.1) is 0 Å². The number of carbonyl (C=O) groups excluding carboxylic acids is 3. The molecule has 1 aliphatic heterocycles. The number of fused-ring (bicyclic) bond motifs is 5. The van der Waals surface area contributed by atoms with Crippen LogP contribution in [0, 0.1) is 46.3 Å². The molecule has 0 aromatic carbocycles. The summed E-state index contributed by atoms with van der Waals surface area (Å²) < 4.78 is 5.56. The molecule has 0 radical (unpaired) electrons. The topological polar surface area (TPSA) is 63.7 Å². The number of nitrogens with zero attached hydrogens (tertiary/aromatic N) is 1. The molecule has 5 rings (SSSR count). The van der Waals surface area contributed by atoms with Crippen molar-refractivity contribution in [1.82, 2.24) is 4.90 Å². The molecule has 0 N–H and O–H groups in total. The van der Waals surface area contributed by atoms with Gasteiger partial charge < -0.3 is 9.64 Å². The van der Waals surface area contributed by atoms with Crippen LogP contribution in [0.15, 0.2) is 0 Å². The smallest absolute Gasteiger partial charge is 0.410 e. The van der Waals surface area contributed by atoms with Gasteiger partial charge in [0.2, 0.25) is 0 Å². The molecule has 1 amide bonds. The number of amides is 1. The monoisotopic (exact) mass is 485 g/mol. The zero-order valence-electron chi connectivity index (χ0n) is 22.7. The number of likely N-dealkylation sites (tertiary alicyclic amines) is 1. The summed E-state index contributed by atoms with van der Waals surface area (Å²) in [6, 6.07) is 0. The fourth-order valence-corrected chi connectivity index (χ4v) is 9.09. The average molecular weight is 486 g/mol. The van der Waals surface area contributed by atoms with E-state index in [1.54, 1.807) is 0 Å². The van der Waals surface area contributed by atoms with E-state index in [4.69, 9.17) is 4.74 Å². The Bertz CT molecular complexity index is 876. The predicted octanol–water partition coefficient (Wildman–Crippen LogP) is 6.43. The molecule has 0 aromatic heterocycles. The van der Waals surface area contributed by atoms with Crippen LogP contribution in [0.2, 0.25) is 0 Å². The number of hydrogen-bond acceptors (Lipinski definition) is 4. The Morgan fingerprint density at radius 2 is 1.74 bits per heavy atom. The van der Waals surface area contributed by atoms with Crippen molar-refractivity contribution >= 4 is 17.7 Å². The number of ketones is 2. The van der Waals surface area contributed by atoms with Crippen LogP contribution in [0.4, 0.5) is 4.79 Å². The molecule has 4 saturated carbocycles. The van der Waals surface area contributed by atoms with Gasteiger partial charge in [-0.1, -0.05) is 20.3 Å². The maximum atomic E-state index is 13.5. The van der Waals surface area contributed by atoms with E-state index in [-0.39, 0.29) is 22.8 Å². The van der Waals surface area contributed by atoms with Crippen LogP contribution in [-0.4, -0.2) is 41.3 Å². The third kappa shape index (κ3) is 4.48. The van der Waals surface area contributed by atoms with Crippen LogP contribution in [-0.2, 0) is 14.3 Å². The van der Waals surface area contributed by atoms with Crippen molar-refractivity contribution < 1.29 is 19.1 Å². The van der Waals surface area contributed by atoms with Gasteiger partial charge in [0.25, 0.3) is 0 Å². The Morgan fingerprint density at radius 1 is 1.00 bits per heavy atom. The van der Waals surface area contributed by atoms with E-state index in [9.17, 15) is 14.4 Å². The van der Waals surface area contributed by atoms with Crippen molar-refractivity contribution in [1.29, 1.82) is 0 Å². The summed E-state index contributed by atoms with van der Waals surface area (Å²) in [6.45, 7) is 12.1.